The number of pyridine rings is 1. The molecule has 2 aromatic heterocycles. The number of nitrogens with one attached hydrogen (secondary N) is 3. The molecule has 0 unspecified atom stereocenters. The molecule has 2 amide bonds. The van der Waals surface area contributed by atoms with Gasteiger partial charge in [0.05, 0.1) is 22.8 Å². The van der Waals surface area contributed by atoms with Crippen LogP contribution in [0.5, 0.6) is 0 Å². The maximum absolute atomic E-state index is 12.3. The van der Waals surface area contributed by atoms with Gasteiger partial charge in [-0.05, 0) is 42.5 Å². The topological polar surface area (TPSA) is 166 Å². The molecule has 0 aliphatic carbocycles. The van der Waals surface area contributed by atoms with Crippen molar-refractivity contribution in [1.29, 1.82) is 0 Å². The third kappa shape index (κ3) is 4.59. The number of fused-ring (bicyclic) bond motifs is 1. The summed E-state index contributed by atoms with van der Waals surface area (Å²) < 4.78 is 1.62. The lowest BCUT2D eigenvalue weighted by atomic mass is 10.1. The second-order valence-electron chi connectivity index (χ2n) is 7.11. The van der Waals surface area contributed by atoms with Gasteiger partial charge in [-0.25, -0.2) is 19.4 Å². The van der Waals surface area contributed by atoms with Gasteiger partial charge >= 0.3 is 18.0 Å². The highest BCUT2D eigenvalue weighted by molar-refractivity contribution is 6.33. The molecule has 0 saturated carbocycles. The van der Waals surface area contributed by atoms with Crippen molar-refractivity contribution in [3.05, 3.63) is 87.2 Å². The van der Waals surface area contributed by atoms with E-state index in [0.717, 1.165) is 0 Å². The Morgan fingerprint density at radius 3 is 2.47 bits per heavy atom. The molecule has 34 heavy (non-hydrogen) atoms. The number of rotatable bonds is 6. The minimum atomic E-state index is -1.35. The fourth-order valence-corrected chi connectivity index (χ4v) is 3.53. The monoisotopic (exact) mass is 481 g/mol. The number of aromatic amines is 1. The number of aromatic nitrogens is 3. The predicted molar refractivity (Wildman–Crippen MR) is 123 cm³/mol. The van der Waals surface area contributed by atoms with Crippen LogP contribution in [0.15, 0.2) is 59.7 Å². The molecule has 0 atom stereocenters. The van der Waals surface area contributed by atoms with Crippen molar-refractivity contribution in [2.75, 3.05) is 5.32 Å². The quantitative estimate of drug-likeness (QED) is 0.282. The van der Waals surface area contributed by atoms with Crippen molar-refractivity contribution in [2.45, 2.75) is 6.54 Å². The van der Waals surface area contributed by atoms with Crippen LogP contribution >= 0.6 is 11.6 Å². The van der Waals surface area contributed by atoms with E-state index in [9.17, 15) is 24.3 Å². The number of urea groups is 1. The summed E-state index contributed by atoms with van der Waals surface area (Å²) in [6.07, 6.45) is 3.13. The molecule has 0 fully saturated rings. The van der Waals surface area contributed by atoms with Crippen molar-refractivity contribution in [2.24, 2.45) is 0 Å². The van der Waals surface area contributed by atoms with E-state index < -0.39 is 29.1 Å². The first kappa shape index (κ1) is 22.6. The molecule has 0 saturated heterocycles. The zero-order valence-electron chi connectivity index (χ0n) is 17.2. The number of anilines is 1. The first-order valence-electron chi connectivity index (χ1n) is 9.73. The molecule has 0 aliphatic rings. The third-order valence-corrected chi connectivity index (χ3v) is 5.22. The van der Waals surface area contributed by atoms with Crippen molar-refractivity contribution in [1.82, 2.24) is 19.9 Å². The SMILES string of the molecule is O=C(NCc1nccn1-c1cc2cc(C(=O)O)c(=O)[nH]c2cc1Cl)Nc1ccc(C(=O)O)cc1. The number of hydrogen-bond donors (Lipinski definition) is 5. The van der Waals surface area contributed by atoms with Crippen molar-refractivity contribution >= 4 is 46.2 Å². The summed E-state index contributed by atoms with van der Waals surface area (Å²) in [6, 6.07) is 9.51. The molecule has 12 heteroatoms. The smallest absolute Gasteiger partial charge is 0.341 e. The van der Waals surface area contributed by atoms with Crippen LogP contribution in [0, 0.1) is 0 Å². The number of H-pyrrole nitrogens is 1. The molecule has 11 nitrogen and oxygen atoms in total. The fourth-order valence-electron chi connectivity index (χ4n) is 3.28. The van der Waals surface area contributed by atoms with Crippen LogP contribution in [-0.2, 0) is 6.54 Å². The van der Waals surface area contributed by atoms with Gasteiger partial charge < -0.3 is 30.4 Å². The summed E-state index contributed by atoms with van der Waals surface area (Å²) >= 11 is 6.40. The number of benzene rings is 2. The van der Waals surface area contributed by atoms with E-state index in [-0.39, 0.29) is 17.1 Å². The number of carboxylic acid groups (broad SMARTS) is 2. The van der Waals surface area contributed by atoms with E-state index in [4.69, 9.17) is 16.7 Å². The lowest BCUT2D eigenvalue weighted by molar-refractivity contribution is 0.0685. The summed E-state index contributed by atoms with van der Waals surface area (Å²) in [4.78, 5) is 53.1. The van der Waals surface area contributed by atoms with Crippen LogP contribution in [-0.4, -0.2) is 42.7 Å². The number of carbonyl (C=O) groups is 3. The third-order valence-electron chi connectivity index (χ3n) is 4.92. The summed E-state index contributed by atoms with van der Waals surface area (Å²) in [5.41, 5.74) is 0.209. The number of imidazole rings is 1. The zero-order chi connectivity index (χ0) is 24.4. The molecule has 172 valence electrons. The van der Waals surface area contributed by atoms with E-state index in [1.165, 1.54) is 42.6 Å². The summed E-state index contributed by atoms with van der Waals surface area (Å²) in [5, 5.41) is 24.1. The highest BCUT2D eigenvalue weighted by Gasteiger charge is 2.15. The number of carbonyl (C=O) groups excluding carboxylic acids is 1. The first-order valence-corrected chi connectivity index (χ1v) is 10.1. The molecule has 4 rings (SSSR count). The Bertz CT molecular complexity index is 1490. The Hall–Kier alpha value is -4.64. The van der Waals surface area contributed by atoms with Gasteiger partial charge in [-0.15, -0.1) is 0 Å². The Kier molecular flexibility index (Phi) is 6.02. The molecular formula is C22H16ClN5O6. The average molecular weight is 482 g/mol. The van der Waals surface area contributed by atoms with Gasteiger partial charge in [-0.3, -0.25) is 4.79 Å². The van der Waals surface area contributed by atoms with E-state index in [2.05, 4.69) is 20.6 Å². The van der Waals surface area contributed by atoms with Crippen LogP contribution in [0.4, 0.5) is 10.5 Å². The second-order valence-corrected chi connectivity index (χ2v) is 7.52. The Balaban J connectivity index is 1.54. The summed E-state index contributed by atoms with van der Waals surface area (Å²) in [6.45, 7) is 0.0202. The summed E-state index contributed by atoms with van der Waals surface area (Å²) in [7, 11) is 0. The van der Waals surface area contributed by atoms with Gasteiger partial charge in [0.25, 0.3) is 5.56 Å². The normalized spacial score (nSPS) is 10.7. The highest BCUT2D eigenvalue weighted by Crippen LogP contribution is 2.27. The number of aromatic carboxylic acids is 2. The van der Waals surface area contributed by atoms with Gasteiger partial charge in [0.15, 0.2) is 0 Å². The number of halogens is 1. The molecule has 0 radical (unpaired) electrons. The molecule has 2 heterocycles. The second kappa shape index (κ2) is 9.08. The largest absolute Gasteiger partial charge is 0.478 e. The number of carboxylic acids is 2. The van der Waals surface area contributed by atoms with Crippen LogP contribution in [0.1, 0.15) is 26.5 Å². The molecule has 0 bridgehead atoms. The lowest BCUT2D eigenvalue weighted by Gasteiger charge is -2.13. The fraction of sp³-hybridized carbons (Fsp3) is 0.0455. The van der Waals surface area contributed by atoms with E-state index in [1.54, 1.807) is 16.8 Å². The van der Waals surface area contributed by atoms with Gasteiger partial charge in [0, 0.05) is 29.0 Å². The van der Waals surface area contributed by atoms with Crippen LogP contribution in [0.3, 0.4) is 0 Å². The Labute approximate surface area is 195 Å². The molecule has 0 spiro atoms. The molecule has 2 aromatic carbocycles. The standard InChI is InChI=1S/C22H16ClN5O6/c23-15-9-16-12(7-14(21(32)33)19(29)27-16)8-17(15)28-6-5-24-18(28)10-25-22(34)26-13-3-1-11(2-4-13)20(30)31/h1-9H,10H2,(H,27,29)(H,30,31)(H,32,33)(H2,25,26,34). The van der Waals surface area contributed by atoms with Crippen molar-refractivity contribution < 1.29 is 24.6 Å². The number of amides is 2. The summed E-state index contributed by atoms with van der Waals surface area (Å²) in [5.74, 6) is -1.99. The maximum Gasteiger partial charge on any atom is 0.341 e. The maximum atomic E-state index is 12.3. The molecule has 0 aliphatic heterocycles. The zero-order valence-corrected chi connectivity index (χ0v) is 18.0. The average Bonchev–Trinajstić information content (AvgIpc) is 3.25. The van der Waals surface area contributed by atoms with Crippen molar-refractivity contribution in [3.8, 4) is 5.69 Å². The first-order chi connectivity index (χ1) is 16.2. The van der Waals surface area contributed by atoms with Gasteiger partial charge in [-0.2, -0.15) is 0 Å². The Morgan fingerprint density at radius 2 is 1.79 bits per heavy atom. The minimum Gasteiger partial charge on any atom is -0.478 e. The van der Waals surface area contributed by atoms with Gasteiger partial charge in [-0.1, -0.05) is 11.6 Å². The van der Waals surface area contributed by atoms with Crippen LogP contribution in [0.25, 0.3) is 16.6 Å². The lowest BCUT2D eigenvalue weighted by Crippen LogP contribution is -2.29. The highest BCUT2D eigenvalue weighted by atomic mass is 35.5. The van der Waals surface area contributed by atoms with Crippen LogP contribution in [0.2, 0.25) is 5.02 Å². The van der Waals surface area contributed by atoms with E-state index in [1.807, 2.05) is 0 Å². The van der Waals surface area contributed by atoms with Crippen LogP contribution < -0.4 is 16.2 Å². The Morgan fingerprint density at radius 1 is 1.06 bits per heavy atom. The van der Waals surface area contributed by atoms with Gasteiger partial charge in [0.1, 0.15) is 11.4 Å². The van der Waals surface area contributed by atoms with E-state index in [0.29, 0.717) is 28.1 Å². The molecule has 4 aromatic rings. The molecule has 5 N–H and O–H groups in total. The van der Waals surface area contributed by atoms with Gasteiger partial charge in [0.2, 0.25) is 0 Å². The minimum absolute atomic E-state index is 0.0202. The number of hydrogen-bond acceptors (Lipinski definition) is 5. The predicted octanol–water partition coefficient (Wildman–Crippen LogP) is 3.09. The van der Waals surface area contributed by atoms with Crippen molar-refractivity contribution in [3.63, 3.8) is 0 Å². The number of nitrogens with zero attached hydrogens (tertiary/aromatic N) is 2. The van der Waals surface area contributed by atoms with E-state index >= 15 is 0 Å². The molecular weight excluding hydrogens is 466 g/mol.